The van der Waals surface area contributed by atoms with Gasteiger partial charge in [-0.05, 0) is 13.0 Å². The van der Waals surface area contributed by atoms with Crippen molar-refractivity contribution >= 4 is 23.1 Å². The molecule has 1 saturated heterocycles. The van der Waals surface area contributed by atoms with E-state index in [1.165, 1.54) is 0 Å². The molecule has 1 rings (SSSR count). The maximum absolute atomic E-state index is 11.2. The number of nitrogens with one attached hydrogen (secondary N) is 1. The van der Waals surface area contributed by atoms with Crippen molar-refractivity contribution in [2.45, 2.75) is 12.8 Å². The smallest absolute Gasteiger partial charge is 0.226 e. The summed E-state index contributed by atoms with van der Waals surface area (Å²) in [5.41, 5.74) is 5.26. The van der Waals surface area contributed by atoms with Crippen LogP contribution in [-0.2, 0) is 9.53 Å². The topological polar surface area (TPSA) is 67.6 Å². The lowest BCUT2D eigenvalue weighted by atomic mass is 10.3. The monoisotopic (exact) mass is 245 g/mol. The van der Waals surface area contributed by atoms with E-state index in [1.807, 2.05) is 0 Å². The number of amides is 1. The summed E-state index contributed by atoms with van der Waals surface area (Å²) in [6.45, 7) is 5.28. The first-order valence-corrected chi connectivity index (χ1v) is 5.94. The van der Waals surface area contributed by atoms with Gasteiger partial charge in [-0.3, -0.25) is 9.69 Å². The maximum atomic E-state index is 11.2. The lowest BCUT2D eigenvalue weighted by Gasteiger charge is -2.26. The number of ether oxygens (including phenoxy) is 1. The van der Waals surface area contributed by atoms with E-state index in [-0.39, 0.29) is 17.3 Å². The first-order valence-electron chi connectivity index (χ1n) is 5.53. The quantitative estimate of drug-likeness (QED) is 0.488. The van der Waals surface area contributed by atoms with Crippen LogP contribution in [0.25, 0.3) is 0 Å². The molecule has 0 atom stereocenters. The highest BCUT2D eigenvalue weighted by Gasteiger charge is 2.09. The highest BCUT2D eigenvalue weighted by molar-refractivity contribution is 7.80. The van der Waals surface area contributed by atoms with Crippen LogP contribution in [0.2, 0.25) is 0 Å². The van der Waals surface area contributed by atoms with Crippen molar-refractivity contribution in [1.82, 2.24) is 10.2 Å². The van der Waals surface area contributed by atoms with Crippen molar-refractivity contribution in [1.29, 1.82) is 0 Å². The minimum Gasteiger partial charge on any atom is -0.393 e. The summed E-state index contributed by atoms with van der Waals surface area (Å²) in [6, 6.07) is 0. The fourth-order valence-electron chi connectivity index (χ4n) is 1.58. The largest absolute Gasteiger partial charge is 0.393 e. The molecule has 0 saturated carbocycles. The Kier molecular flexibility index (Phi) is 6.29. The van der Waals surface area contributed by atoms with Crippen LogP contribution in [0.3, 0.4) is 0 Å². The lowest BCUT2D eigenvalue weighted by Crippen LogP contribution is -2.38. The minimum absolute atomic E-state index is 0.0884. The Morgan fingerprint density at radius 3 is 2.75 bits per heavy atom. The summed E-state index contributed by atoms with van der Waals surface area (Å²) in [7, 11) is 0. The van der Waals surface area contributed by atoms with Crippen molar-refractivity contribution < 1.29 is 9.53 Å². The van der Waals surface area contributed by atoms with Gasteiger partial charge in [0.2, 0.25) is 5.91 Å². The number of nitrogens with two attached hydrogens (primary N) is 1. The van der Waals surface area contributed by atoms with Crippen LogP contribution < -0.4 is 11.1 Å². The van der Waals surface area contributed by atoms with Gasteiger partial charge in [-0.25, -0.2) is 0 Å². The van der Waals surface area contributed by atoms with Crippen molar-refractivity contribution in [2.24, 2.45) is 5.73 Å². The average Bonchev–Trinajstić information content (AvgIpc) is 2.25. The van der Waals surface area contributed by atoms with Crippen LogP contribution in [-0.4, -0.2) is 55.2 Å². The average molecular weight is 245 g/mol. The third-order valence-electron chi connectivity index (χ3n) is 2.41. The Morgan fingerprint density at radius 1 is 1.44 bits per heavy atom. The molecule has 0 aromatic carbocycles. The van der Waals surface area contributed by atoms with E-state index in [4.69, 9.17) is 10.5 Å². The van der Waals surface area contributed by atoms with Gasteiger partial charge in [0.15, 0.2) is 0 Å². The van der Waals surface area contributed by atoms with Gasteiger partial charge in [-0.15, -0.1) is 0 Å². The Labute approximate surface area is 101 Å². The molecule has 1 fully saturated rings. The van der Waals surface area contributed by atoms with Crippen molar-refractivity contribution in [3.63, 3.8) is 0 Å². The third kappa shape index (κ3) is 5.99. The van der Waals surface area contributed by atoms with Gasteiger partial charge in [-0.1, -0.05) is 12.2 Å². The second-order valence-corrected chi connectivity index (χ2v) is 4.32. The van der Waals surface area contributed by atoms with Crippen LogP contribution in [0.15, 0.2) is 0 Å². The molecule has 0 bridgehead atoms. The molecule has 1 heterocycles. The number of thiocarbonyl (C=S) groups is 1. The standard InChI is InChI=1S/C10H19N3O2S/c11-9(16)8-10(14)12-2-1-3-13-4-6-15-7-5-13/h1-8H2,(H2,11,16)(H,12,14). The summed E-state index contributed by atoms with van der Waals surface area (Å²) in [5, 5.41) is 2.79. The molecule has 1 aliphatic heterocycles. The van der Waals surface area contributed by atoms with Gasteiger partial charge in [0, 0.05) is 19.6 Å². The van der Waals surface area contributed by atoms with Gasteiger partial charge < -0.3 is 15.8 Å². The Morgan fingerprint density at radius 2 is 2.12 bits per heavy atom. The van der Waals surface area contributed by atoms with Gasteiger partial charge in [0.1, 0.15) is 0 Å². The second-order valence-electron chi connectivity index (χ2n) is 3.80. The Hall–Kier alpha value is -0.720. The van der Waals surface area contributed by atoms with Gasteiger partial charge in [-0.2, -0.15) is 0 Å². The first kappa shape index (κ1) is 13.3. The van der Waals surface area contributed by atoms with Crippen LogP contribution in [0.1, 0.15) is 12.8 Å². The van der Waals surface area contributed by atoms with E-state index in [1.54, 1.807) is 0 Å². The predicted octanol–water partition coefficient (Wildman–Crippen LogP) is -0.499. The molecule has 0 spiro atoms. The molecule has 1 aliphatic rings. The zero-order valence-corrected chi connectivity index (χ0v) is 10.2. The number of rotatable bonds is 6. The summed E-state index contributed by atoms with van der Waals surface area (Å²) in [6.07, 6.45) is 1.09. The normalized spacial score (nSPS) is 17.0. The Bertz CT molecular complexity index is 242. The van der Waals surface area contributed by atoms with Crippen molar-refractivity contribution in [3.8, 4) is 0 Å². The third-order valence-corrected chi connectivity index (χ3v) is 2.56. The zero-order chi connectivity index (χ0) is 11.8. The van der Waals surface area contributed by atoms with E-state index in [0.29, 0.717) is 6.54 Å². The Balaban J connectivity index is 1.98. The fourth-order valence-corrected chi connectivity index (χ4v) is 1.71. The van der Waals surface area contributed by atoms with Crippen molar-refractivity contribution in [3.05, 3.63) is 0 Å². The minimum atomic E-state index is -0.0884. The first-order chi connectivity index (χ1) is 7.68. The SMILES string of the molecule is NC(=S)CC(=O)NCCCN1CCOCC1. The molecular weight excluding hydrogens is 226 g/mol. The van der Waals surface area contributed by atoms with E-state index in [2.05, 4.69) is 22.4 Å². The van der Waals surface area contributed by atoms with Crippen LogP contribution in [0, 0.1) is 0 Å². The number of morpholine rings is 1. The molecule has 6 heteroatoms. The summed E-state index contributed by atoms with van der Waals surface area (Å²) < 4.78 is 5.25. The number of hydrogen-bond acceptors (Lipinski definition) is 4. The molecule has 92 valence electrons. The molecule has 3 N–H and O–H groups in total. The van der Waals surface area contributed by atoms with E-state index >= 15 is 0 Å². The molecule has 0 aromatic rings. The molecule has 1 amide bonds. The molecule has 5 nitrogen and oxygen atoms in total. The predicted molar refractivity (Wildman–Crippen MR) is 66.3 cm³/mol. The van der Waals surface area contributed by atoms with E-state index < -0.39 is 0 Å². The maximum Gasteiger partial charge on any atom is 0.226 e. The van der Waals surface area contributed by atoms with E-state index in [0.717, 1.165) is 39.3 Å². The molecular formula is C10H19N3O2S. The molecule has 16 heavy (non-hydrogen) atoms. The summed E-state index contributed by atoms with van der Waals surface area (Å²) in [4.78, 5) is 13.8. The second kappa shape index (κ2) is 7.54. The summed E-state index contributed by atoms with van der Waals surface area (Å²) in [5.74, 6) is -0.0884. The molecule has 0 radical (unpaired) electrons. The van der Waals surface area contributed by atoms with Crippen LogP contribution in [0.5, 0.6) is 0 Å². The lowest BCUT2D eigenvalue weighted by molar-refractivity contribution is -0.119. The fraction of sp³-hybridized carbons (Fsp3) is 0.800. The van der Waals surface area contributed by atoms with E-state index in [9.17, 15) is 4.79 Å². The highest BCUT2D eigenvalue weighted by Crippen LogP contribution is 1.97. The number of carbonyl (C=O) groups is 1. The number of nitrogens with zero attached hydrogens (tertiary/aromatic N) is 1. The summed E-state index contributed by atoms with van der Waals surface area (Å²) >= 11 is 4.65. The molecule has 0 aliphatic carbocycles. The molecule has 0 aromatic heterocycles. The van der Waals surface area contributed by atoms with Crippen molar-refractivity contribution in [2.75, 3.05) is 39.4 Å². The van der Waals surface area contributed by atoms with Gasteiger partial charge >= 0.3 is 0 Å². The number of carbonyl (C=O) groups excluding carboxylic acids is 1. The highest BCUT2D eigenvalue weighted by atomic mass is 32.1. The van der Waals surface area contributed by atoms with Crippen LogP contribution >= 0.6 is 12.2 Å². The zero-order valence-electron chi connectivity index (χ0n) is 9.41. The number of hydrogen-bond donors (Lipinski definition) is 2. The van der Waals surface area contributed by atoms with Crippen LogP contribution in [0.4, 0.5) is 0 Å². The van der Waals surface area contributed by atoms with Gasteiger partial charge in [0.25, 0.3) is 0 Å². The van der Waals surface area contributed by atoms with Gasteiger partial charge in [0.05, 0.1) is 24.6 Å². The molecule has 0 unspecified atom stereocenters.